The van der Waals surface area contributed by atoms with Gasteiger partial charge in [0.2, 0.25) is 0 Å². The number of aromatic amines is 1. The van der Waals surface area contributed by atoms with Crippen LogP contribution < -0.4 is 10.6 Å². The molecule has 0 aliphatic rings. The Kier molecular flexibility index (Phi) is 9.39. The summed E-state index contributed by atoms with van der Waals surface area (Å²) >= 11 is 0. The summed E-state index contributed by atoms with van der Waals surface area (Å²) < 4.78 is 81.6. The number of anilines is 2. The number of carbonyl (C=O) groups excluding carboxylic acids is 1. The first-order chi connectivity index (χ1) is 20.7. The van der Waals surface area contributed by atoms with Crippen LogP contribution in [0.15, 0.2) is 48.8 Å². The van der Waals surface area contributed by atoms with Crippen molar-refractivity contribution < 1.29 is 31.1 Å². The van der Waals surface area contributed by atoms with E-state index >= 15 is 0 Å². The summed E-state index contributed by atoms with van der Waals surface area (Å²) in [6.07, 6.45) is -6.95. The highest BCUT2D eigenvalue weighted by atomic mass is 19.4. The summed E-state index contributed by atoms with van der Waals surface area (Å²) in [7, 11) is 1.59. The lowest BCUT2D eigenvalue weighted by Crippen LogP contribution is -2.24. The number of imidazole rings is 2. The second-order valence-electron chi connectivity index (χ2n) is 9.89. The summed E-state index contributed by atoms with van der Waals surface area (Å²) in [5.41, 5.74) is 0.170. The monoisotopic (exact) mass is 617 g/mol. The van der Waals surface area contributed by atoms with Crippen LogP contribution in [-0.2, 0) is 25.9 Å². The highest BCUT2D eigenvalue weighted by Crippen LogP contribution is 2.34. The average molecular weight is 618 g/mol. The molecule has 8 nitrogen and oxygen atoms in total. The lowest BCUT2D eigenvalue weighted by atomic mass is 10.1. The number of halogens is 6. The Morgan fingerprint density at radius 3 is 2.25 bits per heavy atom. The smallest absolute Gasteiger partial charge is 0.332 e. The molecule has 0 fully saturated rings. The molecule has 3 N–H and O–H groups in total. The predicted octanol–water partition coefficient (Wildman–Crippen LogP) is 7.04. The van der Waals surface area contributed by atoms with Crippen molar-refractivity contribution in [2.24, 2.45) is 7.05 Å². The third-order valence-electron chi connectivity index (χ3n) is 6.75. The molecule has 0 atom stereocenters. The molecule has 0 spiro atoms. The first kappa shape index (κ1) is 32.2. The minimum Gasteiger partial charge on any atom is -0.332 e. The van der Waals surface area contributed by atoms with Gasteiger partial charge in [0.15, 0.2) is 11.6 Å². The molecule has 14 heteroatoms. The molecule has 0 unspecified atom stereocenters. The van der Waals surface area contributed by atoms with Crippen LogP contribution in [0.2, 0.25) is 0 Å². The molecule has 0 aliphatic carbocycles. The van der Waals surface area contributed by atoms with Gasteiger partial charge in [0.25, 0.3) is 0 Å². The Bertz CT molecular complexity index is 1710. The van der Waals surface area contributed by atoms with E-state index in [0.29, 0.717) is 30.5 Å². The van der Waals surface area contributed by atoms with Gasteiger partial charge >= 0.3 is 18.4 Å². The van der Waals surface area contributed by atoms with E-state index in [1.54, 1.807) is 32.2 Å². The molecule has 4 rings (SSSR count). The van der Waals surface area contributed by atoms with E-state index in [1.807, 2.05) is 18.7 Å². The fourth-order valence-corrected chi connectivity index (χ4v) is 4.33. The van der Waals surface area contributed by atoms with Crippen LogP contribution in [0.5, 0.6) is 0 Å². The van der Waals surface area contributed by atoms with Crippen molar-refractivity contribution in [2.45, 2.75) is 39.7 Å². The molecule has 0 radical (unpaired) electrons. The zero-order valence-corrected chi connectivity index (χ0v) is 24.2. The zero-order valence-electron chi connectivity index (χ0n) is 24.2. The van der Waals surface area contributed by atoms with Crippen molar-refractivity contribution in [1.82, 2.24) is 24.4 Å². The SMILES string of the molecule is CCN(CC)Cc1ccc(NC(=O)Nc2ccc(C)c(C#Cc3cn(C)c(-c4ncc(C(F)(F)F)[nH]4)n3)c2)cc1C(F)(F)F. The standard InChI is InChI=1S/C30H29F6N7O/c1-5-43(6-2)16-20-9-11-22(14-24(20)29(31,32)33)40-28(44)39-21-10-7-18(3)19(13-21)8-12-23-17-42(4)27(38-23)26-37-15-25(41-26)30(34,35)36/h7,9-11,13-15,17H,5-6,16H2,1-4H3,(H,37,41)(H2,39,40,44). The number of hydrogen-bond donors (Lipinski definition) is 3. The number of nitrogens with one attached hydrogen (secondary N) is 3. The summed E-state index contributed by atoms with van der Waals surface area (Å²) in [5.74, 6) is 5.87. The minimum absolute atomic E-state index is 0.0184. The first-order valence-corrected chi connectivity index (χ1v) is 13.5. The molecule has 0 saturated carbocycles. The van der Waals surface area contributed by atoms with Gasteiger partial charge in [-0.1, -0.05) is 31.9 Å². The van der Waals surface area contributed by atoms with E-state index in [9.17, 15) is 31.1 Å². The van der Waals surface area contributed by atoms with Crippen LogP contribution in [0.1, 0.15) is 47.5 Å². The maximum absolute atomic E-state index is 13.8. The van der Waals surface area contributed by atoms with Crippen LogP contribution in [0, 0.1) is 18.8 Å². The average Bonchev–Trinajstić information content (AvgIpc) is 3.59. The summed E-state index contributed by atoms with van der Waals surface area (Å²) in [6, 6.07) is 7.86. The summed E-state index contributed by atoms with van der Waals surface area (Å²) in [6.45, 7) is 6.85. The molecular formula is C30H29F6N7O. The van der Waals surface area contributed by atoms with Crippen LogP contribution >= 0.6 is 0 Å². The van der Waals surface area contributed by atoms with Gasteiger partial charge in [0.05, 0.1) is 11.8 Å². The van der Waals surface area contributed by atoms with Crippen molar-refractivity contribution in [3.05, 3.63) is 82.4 Å². The van der Waals surface area contributed by atoms with E-state index < -0.39 is 29.6 Å². The maximum Gasteiger partial charge on any atom is 0.432 e. The molecule has 0 bridgehead atoms. The number of nitrogens with zero attached hydrogens (tertiary/aromatic N) is 4. The fourth-order valence-electron chi connectivity index (χ4n) is 4.33. The molecule has 4 aromatic rings. The van der Waals surface area contributed by atoms with E-state index in [0.717, 1.165) is 11.6 Å². The number of carbonyl (C=O) groups is 1. The number of alkyl halides is 6. The number of amides is 2. The third kappa shape index (κ3) is 7.78. The highest BCUT2D eigenvalue weighted by Gasteiger charge is 2.34. The van der Waals surface area contributed by atoms with E-state index in [2.05, 4.69) is 37.4 Å². The molecule has 0 saturated heterocycles. The number of aromatic nitrogens is 4. The summed E-state index contributed by atoms with van der Waals surface area (Å²) in [5, 5.41) is 5.04. The van der Waals surface area contributed by atoms with Crippen molar-refractivity contribution >= 4 is 17.4 Å². The Hall–Kier alpha value is -4.77. The fraction of sp³-hybridized carbons (Fsp3) is 0.300. The lowest BCUT2D eigenvalue weighted by Gasteiger charge is -2.21. The summed E-state index contributed by atoms with van der Waals surface area (Å²) in [4.78, 5) is 24.8. The van der Waals surface area contributed by atoms with Crippen LogP contribution in [0.3, 0.4) is 0 Å². The molecule has 2 heterocycles. The van der Waals surface area contributed by atoms with Gasteiger partial charge in [-0.25, -0.2) is 14.8 Å². The largest absolute Gasteiger partial charge is 0.432 e. The van der Waals surface area contributed by atoms with Crippen molar-refractivity contribution in [3.8, 4) is 23.5 Å². The predicted molar refractivity (Wildman–Crippen MR) is 154 cm³/mol. The second kappa shape index (κ2) is 12.8. The van der Waals surface area contributed by atoms with Crippen LogP contribution in [0.25, 0.3) is 11.6 Å². The number of H-pyrrole nitrogens is 1. The number of hydrogen-bond acceptors (Lipinski definition) is 4. The second-order valence-corrected chi connectivity index (χ2v) is 9.89. The Balaban J connectivity index is 1.49. The Labute approximate surface area is 249 Å². The van der Waals surface area contributed by atoms with E-state index in [4.69, 9.17) is 0 Å². The molecule has 44 heavy (non-hydrogen) atoms. The topological polar surface area (TPSA) is 90.9 Å². The van der Waals surface area contributed by atoms with Crippen molar-refractivity contribution in [3.63, 3.8) is 0 Å². The van der Waals surface area contributed by atoms with Crippen LogP contribution in [0.4, 0.5) is 42.5 Å². The molecule has 2 amide bonds. The van der Waals surface area contributed by atoms with Gasteiger partial charge in [-0.05, 0) is 61.3 Å². The van der Waals surface area contributed by atoms with Crippen LogP contribution in [-0.4, -0.2) is 43.5 Å². The number of urea groups is 1. The first-order valence-electron chi connectivity index (χ1n) is 13.5. The number of aryl methyl sites for hydroxylation is 2. The molecular weight excluding hydrogens is 588 g/mol. The van der Waals surface area contributed by atoms with E-state index in [-0.39, 0.29) is 35.1 Å². The van der Waals surface area contributed by atoms with Crippen molar-refractivity contribution in [1.29, 1.82) is 0 Å². The third-order valence-corrected chi connectivity index (χ3v) is 6.75. The van der Waals surface area contributed by atoms with Gasteiger partial charge < -0.3 is 20.2 Å². The lowest BCUT2D eigenvalue weighted by molar-refractivity contribution is -0.141. The molecule has 2 aromatic carbocycles. The Morgan fingerprint density at radius 1 is 0.977 bits per heavy atom. The highest BCUT2D eigenvalue weighted by molar-refractivity contribution is 6.00. The zero-order chi connectivity index (χ0) is 32.2. The molecule has 232 valence electrons. The normalized spacial score (nSPS) is 11.8. The van der Waals surface area contributed by atoms with Crippen molar-refractivity contribution in [2.75, 3.05) is 23.7 Å². The van der Waals surface area contributed by atoms with Gasteiger partial charge in [-0.15, -0.1) is 0 Å². The Morgan fingerprint density at radius 2 is 1.64 bits per heavy atom. The van der Waals surface area contributed by atoms with Gasteiger partial charge in [0, 0.05) is 36.7 Å². The van der Waals surface area contributed by atoms with Gasteiger partial charge in [-0.3, -0.25) is 4.90 Å². The van der Waals surface area contributed by atoms with Gasteiger partial charge in [-0.2, -0.15) is 26.3 Å². The number of benzene rings is 2. The van der Waals surface area contributed by atoms with E-state index in [1.165, 1.54) is 22.9 Å². The molecule has 2 aromatic heterocycles. The molecule has 0 aliphatic heterocycles. The quantitative estimate of drug-likeness (QED) is 0.153. The maximum atomic E-state index is 13.8. The number of rotatable bonds is 7. The van der Waals surface area contributed by atoms with Gasteiger partial charge in [0.1, 0.15) is 11.4 Å². The minimum atomic E-state index is -4.60.